The molecule has 0 spiro atoms. The molecule has 4 nitrogen and oxygen atoms in total. The first-order valence-corrected chi connectivity index (χ1v) is 8.35. The molecule has 1 aromatic carbocycles. The Morgan fingerprint density at radius 1 is 1.28 bits per heavy atom. The second-order valence-electron chi connectivity index (χ2n) is 7.03. The summed E-state index contributed by atoms with van der Waals surface area (Å²) in [6, 6.07) is 9.49. The number of aliphatic hydroxyl groups is 1. The average molecular weight is 340 g/mol. The first-order valence-electron chi connectivity index (χ1n) is 8.35. The summed E-state index contributed by atoms with van der Waals surface area (Å²) in [4.78, 5) is 24.3. The zero-order valence-electron chi connectivity index (χ0n) is 14.9. The van der Waals surface area contributed by atoms with Crippen molar-refractivity contribution in [3.05, 3.63) is 65.5 Å². The molecule has 0 fully saturated rings. The number of esters is 1. The van der Waals surface area contributed by atoms with Gasteiger partial charge in [-0.3, -0.25) is 9.59 Å². The average Bonchev–Trinajstić information content (AvgIpc) is 2.52. The number of ketones is 1. The van der Waals surface area contributed by atoms with Gasteiger partial charge in [-0.2, -0.15) is 0 Å². The zero-order chi connectivity index (χ0) is 18.4. The van der Waals surface area contributed by atoms with Gasteiger partial charge in [0.05, 0.1) is 6.42 Å². The molecular formula is C21H24O4. The summed E-state index contributed by atoms with van der Waals surface area (Å²) in [5.74, 6) is -1.13. The van der Waals surface area contributed by atoms with Crippen molar-refractivity contribution in [3.63, 3.8) is 0 Å². The molecule has 0 aromatic heterocycles. The Morgan fingerprint density at radius 3 is 2.60 bits per heavy atom. The summed E-state index contributed by atoms with van der Waals surface area (Å²) >= 11 is 0. The first-order chi connectivity index (χ1) is 11.8. The quantitative estimate of drug-likeness (QED) is 0.502. The van der Waals surface area contributed by atoms with Crippen LogP contribution in [0.1, 0.15) is 39.2 Å². The highest BCUT2D eigenvalue weighted by Gasteiger charge is 2.29. The van der Waals surface area contributed by atoms with E-state index in [2.05, 4.69) is 0 Å². The molecule has 0 heterocycles. The predicted molar refractivity (Wildman–Crippen MR) is 97.8 cm³/mol. The van der Waals surface area contributed by atoms with Crippen molar-refractivity contribution in [2.75, 3.05) is 0 Å². The number of hydrogen-bond acceptors (Lipinski definition) is 4. The largest absolute Gasteiger partial charge is 0.508 e. The van der Waals surface area contributed by atoms with Crippen LogP contribution in [-0.4, -0.2) is 22.5 Å². The standard InChI is InChI=1S/C21H24O4/c1-21(2,3)25-19(24)14-16-10-7-11-17(22)20(16)18(23)13-12-15-8-5-4-6-9-15/h4-9,11-13,16,23H,10,14H2,1-3H3/b13-12+,20-18-/t16-/m1/s1. The Balaban J connectivity index is 2.21. The molecule has 0 saturated heterocycles. The molecule has 1 aliphatic carbocycles. The van der Waals surface area contributed by atoms with Crippen molar-refractivity contribution >= 4 is 17.8 Å². The third-order valence-electron chi connectivity index (χ3n) is 3.71. The number of hydrogen-bond donors (Lipinski definition) is 1. The summed E-state index contributed by atoms with van der Waals surface area (Å²) in [7, 11) is 0. The fourth-order valence-corrected chi connectivity index (χ4v) is 2.68. The number of carbonyl (C=O) groups excluding carboxylic acids is 2. The molecule has 132 valence electrons. The van der Waals surface area contributed by atoms with E-state index in [1.165, 1.54) is 12.2 Å². The molecule has 1 aliphatic rings. The van der Waals surface area contributed by atoms with Gasteiger partial charge in [0.15, 0.2) is 5.78 Å². The Kier molecular flexibility index (Phi) is 5.97. The van der Waals surface area contributed by atoms with E-state index in [0.29, 0.717) is 6.42 Å². The van der Waals surface area contributed by atoms with Gasteiger partial charge in [0, 0.05) is 11.5 Å². The highest BCUT2D eigenvalue weighted by Crippen LogP contribution is 2.29. The molecular weight excluding hydrogens is 316 g/mol. The molecule has 0 aliphatic heterocycles. The lowest BCUT2D eigenvalue weighted by molar-refractivity contribution is -0.155. The van der Waals surface area contributed by atoms with Gasteiger partial charge in [-0.1, -0.05) is 42.5 Å². The Hall–Kier alpha value is -2.62. The third kappa shape index (κ3) is 5.75. The number of allylic oxidation sites excluding steroid dienone is 4. The first kappa shape index (κ1) is 18.7. The van der Waals surface area contributed by atoms with Crippen LogP contribution in [0.25, 0.3) is 6.08 Å². The van der Waals surface area contributed by atoms with E-state index < -0.39 is 5.60 Å². The van der Waals surface area contributed by atoms with Gasteiger partial charge in [0.1, 0.15) is 11.4 Å². The molecule has 0 unspecified atom stereocenters. The highest BCUT2D eigenvalue weighted by atomic mass is 16.6. The second-order valence-corrected chi connectivity index (χ2v) is 7.03. The Labute approximate surface area is 148 Å². The third-order valence-corrected chi connectivity index (χ3v) is 3.71. The van der Waals surface area contributed by atoms with Gasteiger partial charge in [-0.05, 0) is 44.9 Å². The minimum atomic E-state index is -0.579. The van der Waals surface area contributed by atoms with Crippen LogP contribution in [0, 0.1) is 5.92 Å². The van der Waals surface area contributed by atoms with Crippen LogP contribution in [0.5, 0.6) is 0 Å². The molecule has 4 heteroatoms. The molecule has 0 saturated carbocycles. The summed E-state index contributed by atoms with van der Waals surface area (Å²) in [5, 5.41) is 10.4. The maximum absolute atomic E-state index is 12.2. The van der Waals surface area contributed by atoms with Gasteiger partial charge in [0.25, 0.3) is 0 Å². The maximum atomic E-state index is 12.2. The molecule has 1 atom stereocenters. The Morgan fingerprint density at radius 2 is 1.96 bits per heavy atom. The summed E-state index contributed by atoms with van der Waals surface area (Å²) < 4.78 is 5.34. The van der Waals surface area contributed by atoms with Crippen LogP contribution < -0.4 is 0 Å². The van der Waals surface area contributed by atoms with Crippen LogP contribution in [-0.2, 0) is 14.3 Å². The van der Waals surface area contributed by atoms with Crippen molar-refractivity contribution in [1.82, 2.24) is 0 Å². The maximum Gasteiger partial charge on any atom is 0.306 e. The molecule has 0 bridgehead atoms. The predicted octanol–water partition coefficient (Wildman–Crippen LogP) is 4.39. The van der Waals surface area contributed by atoms with E-state index in [1.54, 1.807) is 32.9 Å². The second kappa shape index (κ2) is 7.97. The molecule has 1 N–H and O–H groups in total. The monoisotopic (exact) mass is 340 g/mol. The van der Waals surface area contributed by atoms with E-state index in [-0.39, 0.29) is 35.4 Å². The summed E-state index contributed by atoms with van der Waals surface area (Å²) in [6.45, 7) is 5.40. The molecule has 25 heavy (non-hydrogen) atoms. The minimum absolute atomic E-state index is 0.0614. The Bertz CT molecular complexity index is 718. The zero-order valence-corrected chi connectivity index (χ0v) is 14.9. The fourth-order valence-electron chi connectivity index (χ4n) is 2.68. The van der Waals surface area contributed by atoms with Crippen LogP contribution in [0.3, 0.4) is 0 Å². The van der Waals surface area contributed by atoms with Crippen LogP contribution in [0.15, 0.2) is 59.9 Å². The minimum Gasteiger partial charge on any atom is -0.508 e. The highest BCUT2D eigenvalue weighted by molar-refractivity contribution is 6.06. The summed E-state index contributed by atoms with van der Waals surface area (Å²) in [5.41, 5.74) is 0.600. The van der Waals surface area contributed by atoms with E-state index in [0.717, 1.165) is 5.56 Å². The molecule has 0 radical (unpaired) electrons. The smallest absolute Gasteiger partial charge is 0.306 e. The van der Waals surface area contributed by atoms with Gasteiger partial charge in [0.2, 0.25) is 0 Å². The number of rotatable bonds is 4. The van der Waals surface area contributed by atoms with Crippen molar-refractivity contribution < 1.29 is 19.4 Å². The van der Waals surface area contributed by atoms with Gasteiger partial charge < -0.3 is 9.84 Å². The lowest BCUT2D eigenvalue weighted by Crippen LogP contribution is -2.27. The van der Waals surface area contributed by atoms with E-state index in [9.17, 15) is 14.7 Å². The van der Waals surface area contributed by atoms with Crippen LogP contribution >= 0.6 is 0 Å². The van der Waals surface area contributed by atoms with Crippen molar-refractivity contribution in [3.8, 4) is 0 Å². The fraction of sp³-hybridized carbons (Fsp3) is 0.333. The van der Waals surface area contributed by atoms with Crippen molar-refractivity contribution in [2.24, 2.45) is 5.92 Å². The number of carbonyl (C=O) groups is 2. The van der Waals surface area contributed by atoms with E-state index in [1.807, 2.05) is 30.3 Å². The van der Waals surface area contributed by atoms with E-state index in [4.69, 9.17) is 4.74 Å². The summed E-state index contributed by atoms with van der Waals surface area (Å²) in [6.07, 6.45) is 6.99. The molecule has 1 aromatic rings. The SMILES string of the molecule is CC(C)(C)OC(=O)C[C@H]1CC=CC(=O)/C1=C(O)/C=C/c1ccccc1. The van der Waals surface area contributed by atoms with Gasteiger partial charge in [-0.25, -0.2) is 0 Å². The number of benzene rings is 1. The van der Waals surface area contributed by atoms with Crippen LogP contribution in [0.4, 0.5) is 0 Å². The van der Waals surface area contributed by atoms with Crippen molar-refractivity contribution in [1.29, 1.82) is 0 Å². The lowest BCUT2D eigenvalue weighted by Gasteiger charge is -2.24. The van der Waals surface area contributed by atoms with Gasteiger partial charge >= 0.3 is 5.97 Å². The van der Waals surface area contributed by atoms with Gasteiger partial charge in [-0.15, -0.1) is 0 Å². The molecule has 2 rings (SSSR count). The topological polar surface area (TPSA) is 63.6 Å². The lowest BCUT2D eigenvalue weighted by atomic mass is 9.84. The number of ether oxygens (including phenoxy) is 1. The van der Waals surface area contributed by atoms with Crippen LogP contribution in [0.2, 0.25) is 0 Å². The number of aliphatic hydroxyl groups excluding tert-OH is 1. The van der Waals surface area contributed by atoms with Crippen molar-refractivity contribution in [2.45, 2.75) is 39.2 Å². The molecule has 0 amide bonds. The normalized spacial score (nSPS) is 20.0. The van der Waals surface area contributed by atoms with E-state index >= 15 is 0 Å².